The van der Waals surface area contributed by atoms with Crippen molar-refractivity contribution < 1.29 is 17.6 Å². The molecular formula is C20H16BrF3N6O2. The maximum absolute atomic E-state index is 14.3. The highest BCUT2D eigenvalue weighted by molar-refractivity contribution is 9.10. The van der Waals surface area contributed by atoms with Crippen molar-refractivity contribution in [3.05, 3.63) is 62.8 Å². The summed E-state index contributed by atoms with van der Waals surface area (Å²) in [6, 6.07) is 6.17. The molecule has 12 heteroatoms. The van der Waals surface area contributed by atoms with E-state index in [1.165, 1.54) is 16.8 Å². The van der Waals surface area contributed by atoms with Gasteiger partial charge in [0.2, 0.25) is 5.89 Å². The third kappa shape index (κ3) is 3.52. The minimum absolute atomic E-state index is 0.00510. The molecule has 1 aromatic carbocycles. The first-order valence-corrected chi connectivity index (χ1v) is 10.5. The lowest BCUT2D eigenvalue weighted by atomic mass is 10.1. The Labute approximate surface area is 187 Å². The van der Waals surface area contributed by atoms with Gasteiger partial charge in [-0.3, -0.25) is 14.1 Å². The Balaban J connectivity index is 1.50. The van der Waals surface area contributed by atoms with Crippen LogP contribution in [0.4, 0.5) is 13.2 Å². The summed E-state index contributed by atoms with van der Waals surface area (Å²) in [6.07, 6.45) is -1.45. The summed E-state index contributed by atoms with van der Waals surface area (Å²) >= 11 is 3.20. The Morgan fingerprint density at radius 1 is 1.22 bits per heavy atom. The molecule has 5 rings (SSSR count). The van der Waals surface area contributed by atoms with Crippen molar-refractivity contribution in [3.8, 4) is 11.5 Å². The van der Waals surface area contributed by atoms with Gasteiger partial charge in [0.25, 0.3) is 5.89 Å². The topological polar surface area (TPSA) is 82.0 Å². The largest absolute Gasteiger partial charge is 0.415 e. The first-order chi connectivity index (χ1) is 15.3. The van der Waals surface area contributed by atoms with Crippen molar-refractivity contribution in [2.24, 2.45) is 0 Å². The zero-order valence-electron chi connectivity index (χ0n) is 16.7. The van der Waals surface area contributed by atoms with Crippen LogP contribution in [0.25, 0.3) is 22.5 Å². The molecule has 1 aliphatic rings. The van der Waals surface area contributed by atoms with Crippen molar-refractivity contribution in [3.63, 3.8) is 0 Å². The van der Waals surface area contributed by atoms with E-state index in [2.05, 4.69) is 36.0 Å². The first kappa shape index (κ1) is 20.9. The number of likely N-dealkylation sites (tertiary alicyclic amines) is 1. The summed E-state index contributed by atoms with van der Waals surface area (Å²) in [5.41, 5.74) is 1.76. The van der Waals surface area contributed by atoms with Crippen molar-refractivity contribution in [1.29, 1.82) is 0 Å². The van der Waals surface area contributed by atoms with Crippen LogP contribution in [-0.4, -0.2) is 49.4 Å². The molecule has 0 aliphatic carbocycles. The monoisotopic (exact) mass is 508 g/mol. The Hall–Kier alpha value is -2.99. The molecule has 0 N–H and O–H groups in total. The number of aromatic nitrogens is 5. The minimum Gasteiger partial charge on any atom is -0.415 e. The molecule has 4 aromatic rings. The highest BCUT2D eigenvalue weighted by Crippen LogP contribution is 2.28. The summed E-state index contributed by atoms with van der Waals surface area (Å²) in [6.45, 7) is 1.57. The Kier molecular flexibility index (Phi) is 5.13. The van der Waals surface area contributed by atoms with Crippen LogP contribution in [0.15, 0.2) is 44.1 Å². The molecule has 166 valence electrons. The van der Waals surface area contributed by atoms with E-state index in [9.17, 15) is 18.0 Å². The summed E-state index contributed by atoms with van der Waals surface area (Å²) in [5.74, 6) is -1.31. The van der Waals surface area contributed by atoms with Gasteiger partial charge in [0.15, 0.2) is 0 Å². The van der Waals surface area contributed by atoms with Crippen LogP contribution in [0.3, 0.4) is 0 Å². The zero-order valence-corrected chi connectivity index (χ0v) is 18.3. The van der Waals surface area contributed by atoms with E-state index in [0.29, 0.717) is 22.3 Å². The highest BCUT2D eigenvalue weighted by atomic mass is 79.9. The summed E-state index contributed by atoms with van der Waals surface area (Å²) in [7, 11) is 1.97. The number of fused-ring (bicyclic) bond motifs is 1. The standard InChI is InChI=1S/C20H16BrF3N6O2/c1-28-8-12(9-28)30-16-4-13(21)14(22)5-15(16)29(20(30)31)7-11-3-2-10(6-25-11)18-26-27-19(32-18)17(23)24/h2-6,12,17H,7-9H2,1H3. The molecule has 1 aliphatic heterocycles. The lowest BCUT2D eigenvalue weighted by Crippen LogP contribution is -2.48. The molecule has 0 bridgehead atoms. The third-order valence-electron chi connectivity index (χ3n) is 5.43. The number of hydrogen-bond donors (Lipinski definition) is 0. The molecule has 0 unspecified atom stereocenters. The average molecular weight is 509 g/mol. The van der Waals surface area contributed by atoms with Crippen molar-refractivity contribution in [2.75, 3.05) is 20.1 Å². The normalized spacial score (nSPS) is 15.1. The van der Waals surface area contributed by atoms with Crippen LogP contribution in [-0.2, 0) is 6.54 Å². The van der Waals surface area contributed by atoms with Gasteiger partial charge in [0.05, 0.1) is 39.4 Å². The molecule has 3 aromatic heterocycles. The zero-order chi connectivity index (χ0) is 22.6. The van der Waals surface area contributed by atoms with Gasteiger partial charge >= 0.3 is 12.1 Å². The van der Waals surface area contributed by atoms with E-state index in [-0.39, 0.29) is 28.6 Å². The van der Waals surface area contributed by atoms with Gasteiger partial charge in [-0.15, -0.1) is 10.2 Å². The Morgan fingerprint density at radius 2 is 2.00 bits per heavy atom. The second kappa shape index (κ2) is 7.85. The smallest absolute Gasteiger partial charge is 0.329 e. The number of benzene rings is 1. The molecule has 1 saturated heterocycles. The second-order valence-corrected chi connectivity index (χ2v) is 8.51. The van der Waals surface area contributed by atoms with E-state index >= 15 is 0 Å². The number of halogens is 4. The fraction of sp³-hybridized carbons (Fsp3) is 0.300. The minimum atomic E-state index is -2.86. The summed E-state index contributed by atoms with van der Waals surface area (Å²) < 4.78 is 48.0. The lowest BCUT2D eigenvalue weighted by molar-refractivity contribution is 0.116. The van der Waals surface area contributed by atoms with E-state index in [0.717, 1.165) is 13.1 Å². The maximum atomic E-state index is 14.3. The van der Waals surface area contributed by atoms with Crippen molar-refractivity contribution in [1.82, 2.24) is 29.2 Å². The molecule has 8 nitrogen and oxygen atoms in total. The number of rotatable bonds is 5. The fourth-order valence-electron chi connectivity index (χ4n) is 3.85. The van der Waals surface area contributed by atoms with E-state index in [1.807, 2.05) is 7.05 Å². The number of pyridine rings is 1. The predicted molar refractivity (Wildman–Crippen MR) is 112 cm³/mol. The van der Waals surface area contributed by atoms with Gasteiger partial charge in [-0.1, -0.05) is 0 Å². The Morgan fingerprint density at radius 3 is 2.62 bits per heavy atom. The van der Waals surface area contributed by atoms with Gasteiger partial charge < -0.3 is 9.32 Å². The Bertz CT molecular complexity index is 1360. The van der Waals surface area contributed by atoms with Crippen LogP contribution in [0.1, 0.15) is 24.1 Å². The quantitative estimate of drug-likeness (QED) is 0.409. The average Bonchev–Trinajstić information content (AvgIpc) is 3.32. The molecule has 0 amide bonds. The molecular weight excluding hydrogens is 493 g/mol. The van der Waals surface area contributed by atoms with E-state index in [4.69, 9.17) is 4.42 Å². The number of likely N-dealkylation sites (N-methyl/N-ethyl adjacent to an activating group) is 1. The molecule has 32 heavy (non-hydrogen) atoms. The predicted octanol–water partition coefficient (Wildman–Crippen LogP) is 3.62. The SMILES string of the molecule is CN1CC(n2c(=O)n(Cc3ccc(-c4nnc(C(F)F)o4)cn3)c3cc(F)c(Br)cc32)C1. The third-order valence-corrected chi connectivity index (χ3v) is 6.04. The van der Waals surface area contributed by atoms with Gasteiger partial charge in [-0.2, -0.15) is 8.78 Å². The molecule has 1 fully saturated rings. The number of nitrogens with zero attached hydrogens (tertiary/aromatic N) is 6. The highest BCUT2D eigenvalue weighted by Gasteiger charge is 2.30. The number of hydrogen-bond acceptors (Lipinski definition) is 6. The molecule has 0 radical (unpaired) electrons. The maximum Gasteiger partial charge on any atom is 0.329 e. The second-order valence-electron chi connectivity index (χ2n) is 7.65. The molecule has 0 atom stereocenters. The van der Waals surface area contributed by atoms with Crippen molar-refractivity contribution in [2.45, 2.75) is 19.0 Å². The van der Waals surface area contributed by atoms with Gasteiger partial charge in [-0.25, -0.2) is 9.18 Å². The lowest BCUT2D eigenvalue weighted by Gasteiger charge is -2.36. The van der Waals surface area contributed by atoms with Gasteiger partial charge in [0.1, 0.15) is 5.82 Å². The van der Waals surface area contributed by atoms with Crippen LogP contribution in [0.2, 0.25) is 0 Å². The summed E-state index contributed by atoms with van der Waals surface area (Å²) in [5, 5.41) is 6.89. The van der Waals surface area contributed by atoms with E-state index < -0.39 is 18.1 Å². The van der Waals surface area contributed by atoms with Crippen LogP contribution < -0.4 is 5.69 Å². The van der Waals surface area contributed by atoms with Crippen molar-refractivity contribution >= 4 is 27.0 Å². The number of imidazole rings is 1. The van der Waals surface area contributed by atoms with E-state index in [1.54, 1.807) is 22.8 Å². The first-order valence-electron chi connectivity index (χ1n) is 9.67. The summed E-state index contributed by atoms with van der Waals surface area (Å²) in [4.78, 5) is 19.6. The number of alkyl halides is 2. The van der Waals surface area contributed by atoms with Crippen LogP contribution in [0, 0.1) is 5.82 Å². The molecule has 4 heterocycles. The molecule has 0 saturated carbocycles. The van der Waals surface area contributed by atoms with Gasteiger partial charge in [-0.05, 0) is 41.2 Å². The van der Waals surface area contributed by atoms with Crippen LogP contribution >= 0.6 is 15.9 Å². The fourth-order valence-corrected chi connectivity index (χ4v) is 4.18. The van der Waals surface area contributed by atoms with Crippen LogP contribution in [0.5, 0.6) is 0 Å². The van der Waals surface area contributed by atoms with Gasteiger partial charge in [0, 0.05) is 25.4 Å². The molecule has 0 spiro atoms.